The van der Waals surface area contributed by atoms with Crippen molar-refractivity contribution in [3.8, 4) is 0 Å². The van der Waals surface area contributed by atoms with Crippen LogP contribution in [0.1, 0.15) is 58.6 Å². The van der Waals surface area contributed by atoms with Gasteiger partial charge in [-0.15, -0.1) is 0 Å². The average molecular weight is 395 g/mol. The molecule has 1 aliphatic rings. The third-order valence-corrected chi connectivity index (χ3v) is 5.45. The van der Waals surface area contributed by atoms with Crippen LogP contribution in [0.25, 0.3) is 0 Å². The Bertz CT molecular complexity index is 799. The van der Waals surface area contributed by atoms with Gasteiger partial charge in [-0.1, -0.05) is 18.2 Å². The van der Waals surface area contributed by atoms with Gasteiger partial charge in [0.2, 0.25) is 5.91 Å². The van der Waals surface area contributed by atoms with Crippen LogP contribution in [0, 0.1) is 0 Å². The largest absolute Gasteiger partial charge is 0.326 e. The first-order valence-corrected chi connectivity index (χ1v) is 10.4. The molecule has 2 heterocycles. The summed E-state index contributed by atoms with van der Waals surface area (Å²) in [4.78, 5) is 18.2. The lowest BCUT2D eigenvalue weighted by Crippen LogP contribution is -2.62. The van der Waals surface area contributed by atoms with Gasteiger partial charge in [0, 0.05) is 55.2 Å². The maximum Gasteiger partial charge on any atom is 0.221 e. The van der Waals surface area contributed by atoms with Crippen LogP contribution in [0.5, 0.6) is 0 Å². The van der Waals surface area contributed by atoms with Crippen LogP contribution in [0.15, 0.2) is 48.8 Å². The monoisotopic (exact) mass is 394 g/mol. The Morgan fingerprint density at radius 1 is 1.07 bits per heavy atom. The molecule has 0 spiro atoms. The van der Waals surface area contributed by atoms with Crippen LogP contribution in [0.3, 0.4) is 0 Å². The number of pyridine rings is 1. The molecular formula is C24H34N4O. The number of rotatable bonds is 6. The van der Waals surface area contributed by atoms with Crippen molar-refractivity contribution < 1.29 is 4.79 Å². The lowest BCUT2D eigenvalue weighted by atomic mass is 9.79. The molecule has 0 bridgehead atoms. The predicted molar refractivity (Wildman–Crippen MR) is 119 cm³/mol. The first-order chi connectivity index (χ1) is 13.6. The highest BCUT2D eigenvalue weighted by Gasteiger charge is 2.39. The first kappa shape index (κ1) is 21.5. The Balaban J connectivity index is 1.82. The predicted octanol–water partition coefficient (Wildman–Crippen LogP) is 4.35. The van der Waals surface area contributed by atoms with Crippen molar-refractivity contribution in [1.82, 2.24) is 15.2 Å². The van der Waals surface area contributed by atoms with Crippen LogP contribution in [0.2, 0.25) is 0 Å². The molecule has 1 aromatic carbocycles. The fraction of sp³-hybridized carbons (Fsp3) is 0.500. The number of hydrogen-bond donors (Lipinski definition) is 2. The summed E-state index contributed by atoms with van der Waals surface area (Å²) in [6.45, 7) is 12.5. The Labute approximate surface area is 174 Å². The Morgan fingerprint density at radius 2 is 1.69 bits per heavy atom. The van der Waals surface area contributed by atoms with Gasteiger partial charge in [-0.05, 0) is 69.9 Å². The number of piperidine rings is 1. The highest BCUT2D eigenvalue weighted by molar-refractivity contribution is 5.88. The molecule has 0 radical (unpaired) electrons. The maximum absolute atomic E-state index is 11.3. The summed E-state index contributed by atoms with van der Waals surface area (Å²) in [5.74, 6) is -0.0462. The minimum atomic E-state index is -0.0462. The summed E-state index contributed by atoms with van der Waals surface area (Å²) in [6.07, 6.45) is 5.98. The summed E-state index contributed by atoms with van der Waals surface area (Å²) in [5, 5.41) is 6.63. The van der Waals surface area contributed by atoms with Crippen LogP contribution in [-0.2, 0) is 17.9 Å². The molecule has 1 aliphatic heterocycles. The third-order valence-electron chi connectivity index (χ3n) is 5.45. The third kappa shape index (κ3) is 6.38. The van der Waals surface area contributed by atoms with E-state index in [0.717, 1.165) is 31.6 Å². The molecule has 0 atom stereocenters. The minimum Gasteiger partial charge on any atom is -0.326 e. The second kappa shape index (κ2) is 8.64. The molecule has 2 N–H and O–H groups in total. The second-order valence-electron chi connectivity index (χ2n) is 9.60. The van der Waals surface area contributed by atoms with E-state index in [1.807, 2.05) is 30.6 Å². The van der Waals surface area contributed by atoms with Gasteiger partial charge in [-0.2, -0.15) is 0 Å². The molecule has 29 heavy (non-hydrogen) atoms. The smallest absolute Gasteiger partial charge is 0.221 e. The Hall–Kier alpha value is -2.24. The number of amides is 1. The van der Waals surface area contributed by atoms with Crippen LogP contribution in [0.4, 0.5) is 5.69 Å². The standard InChI is InChI=1S/C24H34N4O/c1-18(29)26-21-10-8-19(9-11-21)16-28(17-20-7-6-12-25-15-20)22-13-23(2,3)27-24(4,5)14-22/h6-12,15,22,27H,13-14,16-17H2,1-5H3,(H,26,29). The molecule has 3 rings (SSSR count). The van der Waals surface area contributed by atoms with E-state index in [1.54, 1.807) is 0 Å². The van der Waals surface area contributed by atoms with Gasteiger partial charge in [-0.3, -0.25) is 14.7 Å². The van der Waals surface area contributed by atoms with E-state index in [0.29, 0.717) is 6.04 Å². The van der Waals surface area contributed by atoms with Crippen molar-refractivity contribution in [3.05, 3.63) is 59.9 Å². The lowest BCUT2D eigenvalue weighted by molar-refractivity contribution is -0.114. The normalized spacial score (nSPS) is 18.6. The number of aromatic nitrogens is 1. The van der Waals surface area contributed by atoms with Crippen LogP contribution < -0.4 is 10.6 Å². The van der Waals surface area contributed by atoms with E-state index >= 15 is 0 Å². The van der Waals surface area contributed by atoms with Gasteiger partial charge in [0.15, 0.2) is 0 Å². The molecule has 0 aliphatic carbocycles. The van der Waals surface area contributed by atoms with Gasteiger partial charge < -0.3 is 10.6 Å². The van der Waals surface area contributed by atoms with Crippen molar-refractivity contribution >= 4 is 11.6 Å². The fourth-order valence-corrected chi connectivity index (χ4v) is 4.70. The molecule has 1 fully saturated rings. The highest BCUT2D eigenvalue weighted by atomic mass is 16.1. The zero-order valence-electron chi connectivity index (χ0n) is 18.3. The summed E-state index contributed by atoms with van der Waals surface area (Å²) >= 11 is 0. The van der Waals surface area contributed by atoms with Crippen molar-refractivity contribution in [1.29, 1.82) is 0 Å². The van der Waals surface area contributed by atoms with E-state index in [4.69, 9.17) is 0 Å². The van der Waals surface area contributed by atoms with E-state index in [9.17, 15) is 4.79 Å². The van der Waals surface area contributed by atoms with E-state index < -0.39 is 0 Å². The van der Waals surface area contributed by atoms with Crippen molar-refractivity contribution in [2.75, 3.05) is 5.32 Å². The molecule has 1 aromatic heterocycles. The van der Waals surface area contributed by atoms with Gasteiger partial charge in [0.05, 0.1) is 0 Å². The zero-order chi connectivity index (χ0) is 21.1. The molecule has 0 unspecified atom stereocenters. The molecule has 5 nitrogen and oxygen atoms in total. The number of carbonyl (C=O) groups is 1. The second-order valence-corrected chi connectivity index (χ2v) is 9.60. The molecule has 1 saturated heterocycles. The van der Waals surface area contributed by atoms with Crippen molar-refractivity contribution in [2.24, 2.45) is 0 Å². The molecule has 5 heteroatoms. The number of anilines is 1. The summed E-state index contributed by atoms with van der Waals surface area (Å²) in [7, 11) is 0. The summed E-state index contributed by atoms with van der Waals surface area (Å²) < 4.78 is 0. The molecule has 0 saturated carbocycles. The van der Waals surface area contributed by atoms with E-state index in [2.05, 4.69) is 66.4 Å². The molecule has 1 amide bonds. The Kier molecular flexibility index (Phi) is 6.39. The summed E-state index contributed by atoms with van der Waals surface area (Å²) in [6, 6.07) is 12.8. The number of nitrogens with zero attached hydrogens (tertiary/aromatic N) is 2. The SMILES string of the molecule is CC(=O)Nc1ccc(CN(Cc2cccnc2)C2CC(C)(C)NC(C)(C)C2)cc1. The number of carbonyl (C=O) groups excluding carboxylic acids is 1. The topological polar surface area (TPSA) is 57.3 Å². The molecule has 2 aromatic rings. The zero-order valence-corrected chi connectivity index (χ0v) is 18.3. The quantitative estimate of drug-likeness (QED) is 0.765. The minimum absolute atomic E-state index is 0.0462. The molecule has 156 valence electrons. The van der Waals surface area contributed by atoms with Crippen molar-refractivity contribution in [3.63, 3.8) is 0 Å². The average Bonchev–Trinajstić information content (AvgIpc) is 2.60. The van der Waals surface area contributed by atoms with Gasteiger partial charge in [-0.25, -0.2) is 0 Å². The molecular weight excluding hydrogens is 360 g/mol. The van der Waals surface area contributed by atoms with E-state index in [1.165, 1.54) is 18.1 Å². The van der Waals surface area contributed by atoms with E-state index in [-0.39, 0.29) is 17.0 Å². The van der Waals surface area contributed by atoms with Crippen LogP contribution in [-0.4, -0.2) is 32.9 Å². The summed E-state index contributed by atoms with van der Waals surface area (Å²) in [5.41, 5.74) is 3.50. The van der Waals surface area contributed by atoms with Gasteiger partial charge >= 0.3 is 0 Å². The highest BCUT2D eigenvalue weighted by Crippen LogP contribution is 2.33. The number of benzene rings is 1. The Morgan fingerprint density at radius 3 is 2.24 bits per heavy atom. The number of hydrogen-bond acceptors (Lipinski definition) is 4. The van der Waals surface area contributed by atoms with Crippen molar-refractivity contribution in [2.45, 2.75) is 77.7 Å². The lowest BCUT2D eigenvalue weighted by Gasteiger charge is -2.49. The van der Waals surface area contributed by atoms with Gasteiger partial charge in [0.25, 0.3) is 0 Å². The van der Waals surface area contributed by atoms with Crippen LogP contribution >= 0.6 is 0 Å². The maximum atomic E-state index is 11.3. The van der Waals surface area contributed by atoms with Gasteiger partial charge in [0.1, 0.15) is 0 Å². The fourth-order valence-electron chi connectivity index (χ4n) is 4.70. The number of nitrogens with one attached hydrogen (secondary N) is 2. The first-order valence-electron chi connectivity index (χ1n) is 10.4.